The van der Waals surface area contributed by atoms with Crippen molar-refractivity contribution in [1.29, 1.82) is 0 Å². The molecule has 0 aliphatic carbocycles. The Balaban J connectivity index is 3.38. The normalized spacial score (nSPS) is 13.8. The molecule has 0 saturated heterocycles. The summed E-state index contributed by atoms with van der Waals surface area (Å²) in [6.07, 6.45) is 21.3. The van der Waals surface area contributed by atoms with E-state index >= 15 is 0 Å². The van der Waals surface area contributed by atoms with Crippen LogP contribution in [-0.4, -0.2) is 23.4 Å². The average Bonchev–Trinajstić information content (AvgIpc) is 2.64. The molecule has 1 atom stereocenters. The number of carbonyl (C=O) groups is 1. The molecule has 0 aromatic rings. The van der Waals surface area contributed by atoms with Gasteiger partial charge in [0.25, 0.3) is 0 Å². The first-order chi connectivity index (χ1) is 12.6. The smallest absolute Gasteiger partial charge is 0.308 e. The van der Waals surface area contributed by atoms with E-state index in [4.69, 9.17) is 10.5 Å². The van der Waals surface area contributed by atoms with E-state index in [1.54, 1.807) is 6.92 Å². The SMILES string of the molecule is CCCCCCCC/C=C\CCCCCCCC(=O)OC(O)(CC)CN. The first-order valence-corrected chi connectivity index (χ1v) is 10.9. The minimum Gasteiger partial charge on any atom is -0.432 e. The van der Waals surface area contributed by atoms with Gasteiger partial charge in [-0.05, 0) is 32.1 Å². The third kappa shape index (κ3) is 15.4. The lowest BCUT2D eigenvalue weighted by Gasteiger charge is -2.24. The molecule has 0 aliphatic rings. The van der Waals surface area contributed by atoms with Crippen molar-refractivity contribution in [2.75, 3.05) is 6.54 Å². The number of allylic oxidation sites excluding steroid dienone is 2. The Hall–Kier alpha value is -0.870. The predicted octanol–water partition coefficient (Wildman–Crippen LogP) is 5.62. The van der Waals surface area contributed by atoms with Crippen LogP contribution in [0.25, 0.3) is 0 Å². The summed E-state index contributed by atoms with van der Waals surface area (Å²) in [5.74, 6) is -1.84. The van der Waals surface area contributed by atoms with Crippen molar-refractivity contribution in [2.24, 2.45) is 5.73 Å². The molecule has 0 bridgehead atoms. The van der Waals surface area contributed by atoms with Gasteiger partial charge in [-0.25, -0.2) is 0 Å². The van der Waals surface area contributed by atoms with Crippen molar-refractivity contribution < 1.29 is 14.6 Å². The van der Waals surface area contributed by atoms with Gasteiger partial charge in [-0.2, -0.15) is 0 Å². The van der Waals surface area contributed by atoms with Crippen molar-refractivity contribution in [3.05, 3.63) is 12.2 Å². The number of ether oxygens (including phenoxy) is 1. The quantitative estimate of drug-likeness (QED) is 0.142. The molecule has 3 N–H and O–H groups in total. The number of carbonyl (C=O) groups excluding carboxylic acids is 1. The lowest BCUT2D eigenvalue weighted by Crippen LogP contribution is -2.41. The number of unbranched alkanes of at least 4 members (excludes halogenated alkanes) is 11. The molecule has 0 radical (unpaired) electrons. The topological polar surface area (TPSA) is 72.5 Å². The Bertz CT molecular complexity index is 351. The van der Waals surface area contributed by atoms with Gasteiger partial charge in [0.15, 0.2) is 0 Å². The molecule has 26 heavy (non-hydrogen) atoms. The Morgan fingerprint density at radius 2 is 1.38 bits per heavy atom. The zero-order valence-electron chi connectivity index (χ0n) is 17.3. The van der Waals surface area contributed by atoms with Gasteiger partial charge in [0.2, 0.25) is 5.79 Å². The van der Waals surface area contributed by atoms with Crippen LogP contribution in [0.1, 0.15) is 110 Å². The van der Waals surface area contributed by atoms with Crippen molar-refractivity contribution >= 4 is 5.97 Å². The highest BCUT2D eigenvalue weighted by atomic mass is 16.7. The van der Waals surface area contributed by atoms with Crippen LogP contribution in [0.5, 0.6) is 0 Å². The summed E-state index contributed by atoms with van der Waals surface area (Å²) in [7, 11) is 0. The standard InChI is InChI=1S/C22H43NO3/c1-3-5-6-7-8-9-10-11-12-13-14-15-16-17-18-19-21(24)26-22(25,4-2)20-23/h11-12,25H,3-10,13-20,23H2,1-2H3/b12-11-. The van der Waals surface area contributed by atoms with Gasteiger partial charge in [-0.15, -0.1) is 0 Å². The zero-order chi connectivity index (χ0) is 19.5. The number of hydrogen-bond acceptors (Lipinski definition) is 4. The van der Waals surface area contributed by atoms with E-state index in [1.165, 1.54) is 57.8 Å². The number of esters is 1. The number of rotatable bonds is 18. The van der Waals surface area contributed by atoms with Gasteiger partial charge < -0.3 is 15.6 Å². The molecule has 0 aromatic heterocycles. The molecule has 0 heterocycles. The number of hydrogen-bond donors (Lipinski definition) is 2. The van der Waals surface area contributed by atoms with Crippen LogP contribution in [0.4, 0.5) is 0 Å². The Kier molecular flexibility index (Phi) is 17.0. The van der Waals surface area contributed by atoms with Crippen molar-refractivity contribution in [3.8, 4) is 0 Å². The van der Waals surface area contributed by atoms with Crippen LogP contribution < -0.4 is 5.73 Å². The van der Waals surface area contributed by atoms with Crippen LogP contribution in [0, 0.1) is 0 Å². The highest BCUT2D eigenvalue weighted by Crippen LogP contribution is 2.14. The average molecular weight is 370 g/mol. The van der Waals surface area contributed by atoms with Crippen LogP contribution in [0.15, 0.2) is 12.2 Å². The van der Waals surface area contributed by atoms with Crippen molar-refractivity contribution in [3.63, 3.8) is 0 Å². The lowest BCUT2D eigenvalue weighted by atomic mass is 10.1. The third-order valence-corrected chi connectivity index (χ3v) is 4.82. The van der Waals surface area contributed by atoms with Crippen molar-refractivity contribution in [1.82, 2.24) is 0 Å². The first-order valence-electron chi connectivity index (χ1n) is 10.9. The maximum absolute atomic E-state index is 11.7. The summed E-state index contributed by atoms with van der Waals surface area (Å²) in [6.45, 7) is 3.95. The highest BCUT2D eigenvalue weighted by Gasteiger charge is 2.27. The number of nitrogens with two attached hydrogens (primary N) is 1. The van der Waals surface area contributed by atoms with Gasteiger partial charge in [0.1, 0.15) is 0 Å². The molecule has 4 nitrogen and oxygen atoms in total. The molecule has 0 saturated carbocycles. The number of aliphatic hydroxyl groups is 1. The minimum atomic E-state index is -1.49. The highest BCUT2D eigenvalue weighted by molar-refractivity contribution is 5.69. The van der Waals surface area contributed by atoms with Crippen LogP contribution in [-0.2, 0) is 9.53 Å². The Morgan fingerprint density at radius 3 is 1.88 bits per heavy atom. The second-order valence-electron chi connectivity index (χ2n) is 7.31. The summed E-state index contributed by atoms with van der Waals surface area (Å²) >= 11 is 0. The second-order valence-corrected chi connectivity index (χ2v) is 7.31. The van der Waals surface area contributed by atoms with E-state index in [9.17, 15) is 9.90 Å². The Labute approximate surface area is 161 Å². The molecule has 154 valence electrons. The van der Waals surface area contributed by atoms with E-state index in [0.29, 0.717) is 12.8 Å². The van der Waals surface area contributed by atoms with Gasteiger partial charge in [0.05, 0.1) is 6.54 Å². The van der Waals surface area contributed by atoms with Gasteiger partial charge in [-0.3, -0.25) is 4.79 Å². The molecule has 0 rings (SSSR count). The van der Waals surface area contributed by atoms with Crippen LogP contribution in [0.3, 0.4) is 0 Å². The second kappa shape index (κ2) is 17.5. The summed E-state index contributed by atoms with van der Waals surface area (Å²) in [4.78, 5) is 11.7. The summed E-state index contributed by atoms with van der Waals surface area (Å²) in [5.41, 5.74) is 5.42. The van der Waals surface area contributed by atoms with Crippen molar-refractivity contribution in [2.45, 2.75) is 116 Å². The largest absolute Gasteiger partial charge is 0.432 e. The van der Waals surface area contributed by atoms with Gasteiger partial charge in [-0.1, -0.05) is 77.4 Å². The zero-order valence-corrected chi connectivity index (χ0v) is 17.3. The molecule has 0 fully saturated rings. The van der Waals surface area contributed by atoms with Gasteiger partial charge >= 0.3 is 5.97 Å². The molecule has 0 aromatic carbocycles. The van der Waals surface area contributed by atoms with E-state index in [-0.39, 0.29) is 12.5 Å². The molecule has 0 amide bonds. The molecule has 1 unspecified atom stereocenters. The summed E-state index contributed by atoms with van der Waals surface area (Å²) in [5, 5.41) is 9.85. The fourth-order valence-corrected chi connectivity index (χ4v) is 2.86. The molecular formula is C22H43NO3. The molecular weight excluding hydrogens is 326 g/mol. The molecule has 0 aliphatic heterocycles. The predicted molar refractivity (Wildman–Crippen MR) is 110 cm³/mol. The minimum absolute atomic E-state index is 0.0540. The fraction of sp³-hybridized carbons (Fsp3) is 0.864. The molecule has 4 heteroatoms. The van der Waals surface area contributed by atoms with Gasteiger partial charge in [0, 0.05) is 12.8 Å². The lowest BCUT2D eigenvalue weighted by molar-refractivity contribution is -0.206. The third-order valence-electron chi connectivity index (χ3n) is 4.82. The molecule has 0 spiro atoms. The van der Waals surface area contributed by atoms with E-state index in [0.717, 1.165) is 25.7 Å². The van der Waals surface area contributed by atoms with E-state index in [2.05, 4.69) is 19.1 Å². The first kappa shape index (κ1) is 25.1. The Morgan fingerprint density at radius 1 is 0.885 bits per heavy atom. The summed E-state index contributed by atoms with van der Waals surface area (Å²) < 4.78 is 5.04. The monoisotopic (exact) mass is 369 g/mol. The van der Waals surface area contributed by atoms with E-state index in [1.807, 2.05) is 0 Å². The van der Waals surface area contributed by atoms with Crippen LogP contribution >= 0.6 is 0 Å². The maximum atomic E-state index is 11.7. The van der Waals surface area contributed by atoms with Crippen LogP contribution in [0.2, 0.25) is 0 Å². The van der Waals surface area contributed by atoms with E-state index < -0.39 is 5.79 Å². The summed E-state index contributed by atoms with van der Waals surface area (Å²) in [6, 6.07) is 0. The fourth-order valence-electron chi connectivity index (χ4n) is 2.86. The maximum Gasteiger partial charge on any atom is 0.308 e.